The van der Waals surface area contributed by atoms with Crippen LogP contribution in [0.5, 0.6) is 0 Å². The summed E-state index contributed by atoms with van der Waals surface area (Å²) in [6, 6.07) is 4.03. The first kappa shape index (κ1) is 9.97. The van der Waals surface area contributed by atoms with E-state index >= 15 is 0 Å². The number of halogens is 2. The zero-order valence-corrected chi connectivity index (χ0v) is 8.37. The summed E-state index contributed by atoms with van der Waals surface area (Å²) in [7, 11) is 0. The summed E-state index contributed by atoms with van der Waals surface area (Å²) in [6.07, 6.45) is 0.177. The fraction of sp³-hybridized carbons (Fsp3) is 0.111. The predicted octanol–water partition coefficient (Wildman–Crippen LogP) is 2.34. The molecule has 0 atom stereocenters. The number of hydrogen-bond donors (Lipinski definition) is 2. The molecule has 0 aliphatic carbocycles. The van der Waals surface area contributed by atoms with Crippen LogP contribution in [0.15, 0.2) is 18.2 Å². The van der Waals surface area contributed by atoms with Crippen LogP contribution in [-0.4, -0.2) is 15.2 Å². The SMILES string of the molecule is Fc1cccc(Cc2nc(=S)[nH][nH]2)c1F. The zero-order valence-electron chi connectivity index (χ0n) is 7.55. The molecule has 0 bridgehead atoms. The lowest BCUT2D eigenvalue weighted by atomic mass is 10.1. The van der Waals surface area contributed by atoms with Gasteiger partial charge in [-0.1, -0.05) is 12.1 Å². The second kappa shape index (κ2) is 3.90. The predicted molar refractivity (Wildman–Crippen MR) is 52.9 cm³/mol. The van der Waals surface area contributed by atoms with Crippen LogP contribution in [0.3, 0.4) is 0 Å². The highest BCUT2D eigenvalue weighted by Crippen LogP contribution is 2.13. The van der Waals surface area contributed by atoms with E-state index in [9.17, 15) is 8.78 Å². The minimum atomic E-state index is -0.860. The quantitative estimate of drug-likeness (QED) is 0.773. The van der Waals surface area contributed by atoms with Crippen molar-refractivity contribution in [3.8, 4) is 0 Å². The third kappa shape index (κ3) is 2.10. The number of H-pyrrole nitrogens is 2. The molecular weight excluding hydrogens is 220 g/mol. The molecule has 1 aromatic heterocycles. The Morgan fingerprint density at radius 2 is 2.07 bits per heavy atom. The largest absolute Gasteiger partial charge is 0.285 e. The first-order valence-electron chi connectivity index (χ1n) is 4.23. The standard InChI is InChI=1S/C9H7F2N3S/c10-6-3-1-2-5(8(6)11)4-7-12-9(15)14-13-7/h1-3H,4H2,(H2,12,13,14,15). The summed E-state index contributed by atoms with van der Waals surface area (Å²) in [5.74, 6) is -1.23. The number of aromatic nitrogens is 3. The molecule has 0 amide bonds. The molecule has 0 radical (unpaired) electrons. The number of rotatable bonds is 2. The molecule has 3 nitrogen and oxygen atoms in total. The lowest BCUT2D eigenvalue weighted by molar-refractivity contribution is 0.500. The minimum Gasteiger partial charge on any atom is -0.285 e. The van der Waals surface area contributed by atoms with Crippen LogP contribution in [0.1, 0.15) is 11.4 Å². The molecule has 78 valence electrons. The summed E-state index contributed by atoms with van der Waals surface area (Å²) in [5.41, 5.74) is 0.243. The van der Waals surface area contributed by atoms with Crippen molar-refractivity contribution in [3.63, 3.8) is 0 Å². The summed E-state index contributed by atoms with van der Waals surface area (Å²) in [6.45, 7) is 0. The highest BCUT2D eigenvalue weighted by molar-refractivity contribution is 7.71. The zero-order chi connectivity index (χ0) is 10.8. The summed E-state index contributed by atoms with van der Waals surface area (Å²) in [4.78, 5) is 3.89. The molecule has 1 heterocycles. The van der Waals surface area contributed by atoms with Crippen molar-refractivity contribution in [2.24, 2.45) is 0 Å². The molecule has 0 unspecified atom stereocenters. The van der Waals surface area contributed by atoms with Gasteiger partial charge in [-0.2, -0.15) is 0 Å². The Bertz CT molecular complexity index is 532. The first-order valence-corrected chi connectivity index (χ1v) is 4.64. The molecule has 0 saturated heterocycles. The van der Waals surface area contributed by atoms with Crippen LogP contribution in [0, 0.1) is 16.4 Å². The second-order valence-corrected chi connectivity index (χ2v) is 3.39. The van der Waals surface area contributed by atoms with Gasteiger partial charge < -0.3 is 0 Å². The van der Waals surface area contributed by atoms with Gasteiger partial charge in [0.15, 0.2) is 11.6 Å². The van der Waals surface area contributed by atoms with Crippen molar-refractivity contribution in [1.29, 1.82) is 0 Å². The van der Waals surface area contributed by atoms with Crippen LogP contribution in [0.4, 0.5) is 8.78 Å². The van der Waals surface area contributed by atoms with Crippen LogP contribution in [0.2, 0.25) is 0 Å². The number of benzene rings is 1. The van der Waals surface area contributed by atoms with Crippen LogP contribution in [-0.2, 0) is 6.42 Å². The molecule has 1 aromatic carbocycles. The highest BCUT2D eigenvalue weighted by Gasteiger charge is 2.09. The fourth-order valence-corrected chi connectivity index (χ4v) is 1.41. The van der Waals surface area contributed by atoms with Gasteiger partial charge in [-0.15, -0.1) is 0 Å². The van der Waals surface area contributed by atoms with Crippen LogP contribution >= 0.6 is 12.2 Å². The van der Waals surface area contributed by atoms with Crippen molar-refractivity contribution in [1.82, 2.24) is 15.2 Å². The monoisotopic (exact) mass is 227 g/mol. The number of hydrogen-bond acceptors (Lipinski definition) is 2. The Hall–Kier alpha value is -1.56. The average Bonchev–Trinajstić information content (AvgIpc) is 2.59. The maximum atomic E-state index is 13.2. The van der Waals surface area contributed by atoms with E-state index in [0.717, 1.165) is 6.07 Å². The molecule has 2 aromatic rings. The first-order chi connectivity index (χ1) is 7.16. The molecule has 0 aliphatic heterocycles. The molecule has 15 heavy (non-hydrogen) atoms. The maximum Gasteiger partial charge on any atom is 0.213 e. The maximum absolute atomic E-state index is 13.2. The van der Waals surface area contributed by atoms with Crippen molar-refractivity contribution in [3.05, 3.63) is 46.0 Å². The van der Waals surface area contributed by atoms with E-state index in [-0.39, 0.29) is 12.0 Å². The minimum absolute atomic E-state index is 0.177. The van der Waals surface area contributed by atoms with Gasteiger partial charge in [0.1, 0.15) is 5.82 Å². The van der Waals surface area contributed by atoms with Gasteiger partial charge in [-0.05, 0) is 23.8 Å². The molecule has 6 heteroatoms. The molecular formula is C9H7F2N3S. The number of aromatic amines is 2. The van der Waals surface area contributed by atoms with E-state index < -0.39 is 11.6 Å². The Labute approximate surface area is 89.2 Å². The normalized spacial score (nSPS) is 10.5. The lowest BCUT2D eigenvalue weighted by Crippen LogP contribution is -1.97. The number of nitrogens with one attached hydrogen (secondary N) is 2. The lowest BCUT2D eigenvalue weighted by Gasteiger charge is -2.00. The van der Waals surface area contributed by atoms with Gasteiger partial charge in [-0.3, -0.25) is 10.2 Å². The van der Waals surface area contributed by atoms with Crippen LogP contribution < -0.4 is 0 Å². The van der Waals surface area contributed by atoms with Gasteiger partial charge in [-0.25, -0.2) is 13.8 Å². The van der Waals surface area contributed by atoms with E-state index in [1.54, 1.807) is 0 Å². The summed E-state index contributed by atoms with van der Waals surface area (Å²) in [5, 5.41) is 5.26. The Balaban J connectivity index is 2.32. The molecule has 2 rings (SSSR count). The van der Waals surface area contributed by atoms with Crippen LogP contribution in [0.25, 0.3) is 0 Å². The van der Waals surface area contributed by atoms with Crippen molar-refractivity contribution in [2.75, 3.05) is 0 Å². The van der Waals surface area contributed by atoms with E-state index in [0.29, 0.717) is 10.6 Å². The molecule has 0 saturated carbocycles. The fourth-order valence-electron chi connectivity index (χ4n) is 1.25. The third-order valence-corrected chi connectivity index (χ3v) is 2.13. The Morgan fingerprint density at radius 1 is 1.27 bits per heavy atom. The van der Waals surface area contributed by atoms with E-state index in [2.05, 4.69) is 15.2 Å². The topological polar surface area (TPSA) is 44.5 Å². The molecule has 2 N–H and O–H groups in total. The number of nitrogens with zero attached hydrogens (tertiary/aromatic N) is 1. The molecule has 0 fully saturated rings. The molecule has 0 spiro atoms. The van der Waals surface area contributed by atoms with E-state index in [4.69, 9.17) is 12.2 Å². The summed E-state index contributed by atoms with van der Waals surface area (Å²) < 4.78 is 26.4. The van der Waals surface area contributed by atoms with Gasteiger partial charge in [0, 0.05) is 6.42 Å². The van der Waals surface area contributed by atoms with Gasteiger partial charge in [0.2, 0.25) is 4.77 Å². The average molecular weight is 227 g/mol. The summed E-state index contributed by atoms with van der Waals surface area (Å²) >= 11 is 4.74. The molecule has 0 aliphatic rings. The van der Waals surface area contributed by atoms with Gasteiger partial charge >= 0.3 is 0 Å². The van der Waals surface area contributed by atoms with Gasteiger partial charge in [0.25, 0.3) is 0 Å². The Morgan fingerprint density at radius 3 is 2.73 bits per heavy atom. The van der Waals surface area contributed by atoms with Gasteiger partial charge in [0.05, 0.1) is 0 Å². The highest BCUT2D eigenvalue weighted by atomic mass is 32.1. The van der Waals surface area contributed by atoms with Crippen molar-refractivity contribution < 1.29 is 8.78 Å². The smallest absolute Gasteiger partial charge is 0.213 e. The Kier molecular flexibility index (Phi) is 2.59. The second-order valence-electron chi connectivity index (χ2n) is 3.00. The van der Waals surface area contributed by atoms with E-state index in [1.807, 2.05) is 0 Å². The van der Waals surface area contributed by atoms with E-state index in [1.165, 1.54) is 12.1 Å². The van der Waals surface area contributed by atoms with Crippen molar-refractivity contribution in [2.45, 2.75) is 6.42 Å². The van der Waals surface area contributed by atoms with Crippen molar-refractivity contribution >= 4 is 12.2 Å². The third-order valence-electron chi connectivity index (χ3n) is 1.94.